The molecule has 0 radical (unpaired) electrons. The Morgan fingerprint density at radius 3 is 3.15 bits per heavy atom. The fourth-order valence-corrected chi connectivity index (χ4v) is 2.33. The van der Waals surface area contributed by atoms with Crippen LogP contribution in [-0.4, -0.2) is 43.2 Å². The lowest BCUT2D eigenvalue weighted by Gasteiger charge is -2.35. The molecule has 1 atom stereocenters. The zero-order valence-corrected chi connectivity index (χ0v) is 11.9. The van der Waals surface area contributed by atoms with Gasteiger partial charge in [-0.15, -0.1) is 0 Å². The predicted octanol–water partition coefficient (Wildman–Crippen LogP) is 1.68. The zero-order chi connectivity index (χ0) is 14.4. The average molecular weight is 278 g/mol. The summed E-state index contributed by atoms with van der Waals surface area (Å²) in [5.74, 6) is 0.830. The predicted molar refractivity (Wildman–Crippen MR) is 77.6 cm³/mol. The normalized spacial score (nSPS) is 18.9. The van der Waals surface area contributed by atoms with Crippen molar-refractivity contribution in [1.29, 1.82) is 0 Å². The summed E-state index contributed by atoms with van der Waals surface area (Å²) in [5.41, 5.74) is 6.33. The van der Waals surface area contributed by atoms with Crippen molar-refractivity contribution in [2.75, 3.05) is 32.1 Å². The second-order valence-electron chi connectivity index (χ2n) is 4.90. The lowest BCUT2D eigenvalue weighted by molar-refractivity contribution is -0.140. The lowest BCUT2D eigenvalue weighted by atomic mass is 10.1. The quantitative estimate of drug-likeness (QED) is 0.832. The Morgan fingerprint density at radius 2 is 2.40 bits per heavy atom. The number of rotatable bonds is 5. The Morgan fingerprint density at radius 1 is 1.55 bits per heavy atom. The maximum atomic E-state index is 12.2. The van der Waals surface area contributed by atoms with Crippen LogP contribution in [0, 0.1) is 0 Å². The number of nitrogen functional groups attached to an aromatic ring is 1. The number of amides is 1. The highest BCUT2D eigenvalue weighted by Gasteiger charge is 2.25. The number of hydrogen-bond donors (Lipinski definition) is 1. The molecule has 0 saturated carbocycles. The van der Waals surface area contributed by atoms with Crippen molar-refractivity contribution in [3.8, 4) is 5.75 Å². The van der Waals surface area contributed by atoms with Crippen molar-refractivity contribution in [2.45, 2.75) is 25.8 Å². The third kappa shape index (κ3) is 3.87. The van der Waals surface area contributed by atoms with Crippen molar-refractivity contribution >= 4 is 11.6 Å². The van der Waals surface area contributed by atoms with Crippen LogP contribution >= 0.6 is 0 Å². The van der Waals surface area contributed by atoms with Crippen LogP contribution in [-0.2, 0) is 9.53 Å². The van der Waals surface area contributed by atoms with E-state index in [-0.39, 0.29) is 11.9 Å². The van der Waals surface area contributed by atoms with Gasteiger partial charge in [-0.3, -0.25) is 4.79 Å². The Kier molecular flexibility index (Phi) is 5.24. The topological polar surface area (TPSA) is 64.8 Å². The minimum Gasteiger partial charge on any atom is -0.493 e. The van der Waals surface area contributed by atoms with E-state index in [1.54, 1.807) is 12.1 Å². The molecule has 0 aliphatic carbocycles. The van der Waals surface area contributed by atoms with Crippen molar-refractivity contribution in [1.82, 2.24) is 4.90 Å². The summed E-state index contributed by atoms with van der Waals surface area (Å²) in [6, 6.07) is 7.43. The van der Waals surface area contributed by atoms with Gasteiger partial charge in [0.2, 0.25) is 5.91 Å². The third-order valence-corrected chi connectivity index (χ3v) is 3.46. The van der Waals surface area contributed by atoms with Crippen LogP contribution in [0.4, 0.5) is 5.69 Å². The number of benzene rings is 1. The molecule has 2 N–H and O–H groups in total. The molecule has 0 bridgehead atoms. The molecule has 1 amide bonds. The van der Waals surface area contributed by atoms with Crippen LogP contribution in [0.2, 0.25) is 0 Å². The minimum atomic E-state index is 0.129. The van der Waals surface area contributed by atoms with Gasteiger partial charge in [0.1, 0.15) is 5.75 Å². The second-order valence-corrected chi connectivity index (χ2v) is 4.90. The van der Waals surface area contributed by atoms with E-state index >= 15 is 0 Å². The zero-order valence-electron chi connectivity index (χ0n) is 11.9. The SMILES string of the molecule is CCC1COCCN1C(=O)CCOc1cccc(N)c1. The number of nitrogens with zero attached hydrogens (tertiary/aromatic N) is 1. The average Bonchev–Trinajstić information content (AvgIpc) is 2.47. The Balaban J connectivity index is 1.79. The number of morpholine rings is 1. The molecule has 1 aliphatic rings. The molecule has 20 heavy (non-hydrogen) atoms. The molecule has 1 heterocycles. The molecule has 5 heteroatoms. The number of carbonyl (C=O) groups excluding carboxylic acids is 1. The van der Waals surface area contributed by atoms with E-state index < -0.39 is 0 Å². The molecule has 5 nitrogen and oxygen atoms in total. The number of anilines is 1. The summed E-state index contributed by atoms with van der Waals surface area (Å²) in [7, 11) is 0. The van der Waals surface area contributed by atoms with Crippen LogP contribution < -0.4 is 10.5 Å². The highest BCUT2D eigenvalue weighted by molar-refractivity contribution is 5.76. The van der Waals surface area contributed by atoms with Crippen LogP contribution in [0.25, 0.3) is 0 Å². The van der Waals surface area contributed by atoms with Crippen LogP contribution in [0.15, 0.2) is 24.3 Å². The molecule has 1 fully saturated rings. The van der Waals surface area contributed by atoms with Gasteiger partial charge < -0.3 is 20.1 Å². The van der Waals surface area contributed by atoms with Gasteiger partial charge in [-0.25, -0.2) is 0 Å². The minimum absolute atomic E-state index is 0.129. The van der Waals surface area contributed by atoms with Crippen LogP contribution in [0.5, 0.6) is 5.75 Å². The molecule has 2 rings (SSSR count). The highest BCUT2D eigenvalue weighted by atomic mass is 16.5. The van der Waals surface area contributed by atoms with Crippen molar-refractivity contribution in [2.24, 2.45) is 0 Å². The number of hydrogen-bond acceptors (Lipinski definition) is 4. The summed E-state index contributed by atoms with van der Waals surface area (Å²) in [6.45, 7) is 4.38. The summed E-state index contributed by atoms with van der Waals surface area (Å²) in [6.07, 6.45) is 1.30. The number of ether oxygens (including phenoxy) is 2. The molecule has 1 aliphatic heterocycles. The van der Waals surface area contributed by atoms with Crippen molar-refractivity contribution < 1.29 is 14.3 Å². The monoisotopic (exact) mass is 278 g/mol. The fraction of sp³-hybridized carbons (Fsp3) is 0.533. The standard InChI is InChI=1S/C15H22N2O3/c1-2-13-11-19-9-7-17(13)15(18)6-8-20-14-5-3-4-12(16)10-14/h3-5,10,13H,2,6-9,11,16H2,1H3. The van der Waals surface area contributed by atoms with Gasteiger partial charge in [0.25, 0.3) is 0 Å². The molecule has 110 valence electrons. The van der Waals surface area contributed by atoms with Gasteiger partial charge in [-0.1, -0.05) is 13.0 Å². The summed E-state index contributed by atoms with van der Waals surface area (Å²) in [4.78, 5) is 14.1. The number of carbonyl (C=O) groups is 1. The van der Waals surface area contributed by atoms with E-state index in [2.05, 4.69) is 6.92 Å². The van der Waals surface area contributed by atoms with Crippen molar-refractivity contribution in [3.63, 3.8) is 0 Å². The molecule has 1 aromatic carbocycles. The van der Waals surface area contributed by atoms with Gasteiger partial charge in [-0.2, -0.15) is 0 Å². The fourth-order valence-electron chi connectivity index (χ4n) is 2.33. The van der Waals surface area contributed by atoms with Crippen molar-refractivity contribution in [3.05, 3.63) is 24.3 Å². The van der Waals surface area contributed by atoms with Crippen LogP contribution in [0.1, 0.15) is 19.8 Å². The van der Waals surface area contributed by atoms with E-state index in [9.17, 15) is 4.79 Å². The Labute approximate surface area is 119 Å². The molecule has 1 saturated heterocycles. The molecular weight excluding hydrogens is 256 g/mol. The maximum Gasteiger partial charge on any atom is 0.226 e. The second kappa shape index (κ2) is 7.14. The first-order valence-electron chi connectivity index (χ1n) is 7.06. The van der Waals surface area contributed by atoms with E-state index in [1.807, 2.05) is 17.0 Å². The first-order chi connectivity index (χ1) is 9.70. The molecule has 1 aromatic rings. The molecular formula is C15H22N2O3. The van der Waals surface area contributed by atoms with Gasteiger partial charge in [0.05, 0.1) is 32.3 Å². The van der Waals surface area contributed by atoms with E-state index in [1.165, 1.54) is 0 Å². The van der Waals surface area contributed by atoms with E-state index in [0.29, 0.717) is 44.2 Å². The molecule has 0 aromatic heterocycles. The maximum absolute atomic E-state index is 12.2. The van der Waals surface area contributed by atoms with E-state index in [0.717, 1.165) is 6.42 Å². The Bertz CT molecular complexity index is 450. The molecule has 0 spiro atoms. The smallest absolute Gasteiger partial charge is 0.226 e. The van der Waals surface area contributed by atoms with Crippen LogP contribution in [0.3, 0.4) is 0 Å². The van der Waals surface area contributed by atoms with Gasteiger partial charge >= 0.3 is 0 Å². The first kappa shape index (κ1) is 14.7. The lowest BCUT2D eigenvalue weighted by Crippen LogP contribution is -2.48. The van der Waals surface area contributed by atoms with E-state index in [4.69, 9.17) is 15.2 Å². The largest absolute Gasteiger partial charge is 0.493 e. The van der Waals surface area contributed by atoms with Gasteiger partial charge in [0.15, 0.2) is 0 Å². The number of nitrogens with two attached hydrogens (primary N) is 1. The third-order valence-electron chi connectivity index (χ3n) is 3.46. The summed E-state index contributed by atoms with van der Waals surface area (Å²) < 4.78 is 11.0. The van der Waals surface area contributed by atoms with Gasteiger partial charge in [-0.05, 0) is 18.6 Å². The van der Waals surface area contributed by atoms with Gasteiger partial charge in [0, 0.05) is 18.3 Å². The summed E-state index contributed by atoms with van der Waals surface area (Å²) in [5, 5.41) is 0. The molecule has 1 unspecified atom stereocenters. The Hall–Kier alpha value is -1.75. The first-order valence-corrected chi connectivity index (χ1v) is 7.06. The highest BCUT2D eigenvalue weighted by Crippen LogP contribution is 2.15. The summed E-state index contributed by atoms with van der Waals surface area (Å²) >= 11 is 0.